The van der Waals surface area contributed by atoms with Crippen LogP contribution in [0.1, 0.15) is 6.92 Å². The predicted molar refractivity (Wildman–Crippen MR) is 93.5 cm³/mol. The maximum absolute atomic E-state index is 11.3. The van der Waals surface area contributed by atoms with Crippen LogP contribution in [0.2, 0.25) is 0 Å². The molecule has 0 aliphatic rings. The fourth-order valence-electron chi connectivity index (χ4n) is 2.20. The zero-order chi connectivity index (χ0) is 17.1. The minimum atomic E-state index is -0.508. The van der Waals surface area contributed by atoms with Gasteiger partial charge in [-0.05, 0) is 43.0 Å². The normalized spacial score (nSPS) is 12.2. The van der Waals surface area contributed by atoms with Gasteiger partial charge in [0, 0.05) is 18.3 Å². The van der Waals surface area contributed by atoms with E-state index in [1.807, 2.05) is 24.3 Å². The number of nitro groups is 1. The molecule has 0 amide bonds. The lowest BCUT2D eigenvalue weighted by atomic mass is 10.2. The maximum atomic E-state index is 11.3. The van der Waals surface area contributed by atoms with Gasteiger partial charge in [-0.25, -0.2) is 4.98 Å². The molecule has 1 aromatic heterocycles. The SMILES string of the molecule is C[C@@H](O)CNc1ccc([N+](=O)[O-])c(Sc2nc3ccccc3[nH]2)c1. The minimum Gasteiger partial charge on any atom is -0.392 e. The van der Waals surface area contributed by atoms with Gasteiger partial charge in [0.25, 0.3) is 5.69 Å². The summed E-state index contributed by atoms with van der Waals surface area (Å²) < 4.78 is 0. The first kappa shape index (κ1) is 16.3. The van der Waals surface area contributed by atoms with E-state index >= 15 is 0 Å². The number of rotatable bonds is 6. The summed E-state index contributed by atoms with van der Waals surface area (Å²) in [5.74, 6) is 0. The monoisotopic (exact) mass is 344 g/mol. The Balaban J connectivity index is 1.91. The Hall–Kier alpha value is -2.58. The molecule has 0 fully saturated rings. The summed E-state index contributed by atoms with van der Waals surface area (Å²) in [6.45, 7) is 2.04. The second kappa shape index (κ2) is 6.90. The van der Waals surface area contributed by atoms with Crippen LogP contribution in [0.5, 0.6) is 0 Å². The molecule has 3 rings (SSSR count). The van der Waals surface area contributed by atoms with E-state index in [2.05, 4.69) is 15.3 Å². The van der Waals surface area contributed by atoms with Gasteiger partial charge in [-0.1, -0.05) is 12.1 Å². The van der Waals surface area contributed by atoms with Crippen molar-refractivity contribution in [2.75, 3.05) is 11.9 Å². The van der Waals surface area contributed by atoms with Gasteiger partial charge in [0.05, 0.1) is 27.0 Å². The second-order valence-corrected chi connectivity index (χ2v) is 6.36. The average Bonchev–Trinajstić information content (AvgIpc) is 2.95. The number of H-pyrrole nitrogens is 1. The molecule has 0 saturated carbocycles. The molecule has 1 heterocycles. The van der Waals surface area contributed by atoms with Crippen molar-refractivity contribution >= 4 is 34.2 Å². The van der Waals surface area contributed by atoms with E-state index in [1.54, 1.807) is 19.1 Å². The van der Waals surface area contributed by atoms with Crippen molar-refractivity contribution < 1.29 is 10.0 Å². The zero-order valence-electron chi connectivity index (χ0n) is 12.9. The van der Waals surface area contributed by atoms with Crippen LogP contribution in [-0.4, -0.2) is 32.6 Å². The summed E-state index contributed by atoms with van der Waals surface area (Å²) in [6, 6.07) is 12.3. The molecule has 124 valence electrons. The van der Waals surface area contributed by atoms with Crippen molar-refractivity contribution in [2.45, 2.75) is 23.1 Å². The van der Waals surface area contributed by atoms with Crippen LogP contribution in [0.3, 0.4) is 0 Å². The number of aromatic nitrogens is 2. The number of fused-ring (bicyclic) bond motifs is 1. The van der Waals surface area contributed by atoms with Crippen molar-refractivity contribution in [1.82, 2.24) is 9.97 Å². The Labute approximate surface area is 142 Å². The van der Waals surface area contributed by atoms with Crippen LogP contribution in [0.25, 0.3) is 11.0 Å². The maximum Gasteiger partial charge on any atom is 0.283 e. The standard InChI is InChI=1S/C16H16N4O3S/c1-10(21)9-17-11-6-7-14(20(22)23)15(8-11)24-16-18-12-4-2-3-5-13(12)19-16/h2-8,10,17,21H,9H2,1H3,(H,18,19)/t10-/m1/s1. The number of nitrogens with one attached hydrogen (secondary N) is 2. The molecule has 3 aromatic rings. The Morgan fingerprint density at radius 3 is 2.88 bits per heavy atom. The van der Waals surface area contributed by atoms with Crippen LogP contribution in [0.4, 0.5) is 11.4 Å². The quantitative estimate of drug-likeness (QED) is 0.467. The van der Waals surface area contributed by atoms with Crippen LogP contribution >= 0.6 is 11.8 Å². The van der Waals surface area contributed by atoms with Gasteiger partial charge in [-0.15, -0.1) is 0 Å². The molecular weight excluding hydrogens is 328 g/mol. The molecule has 0 saturated heterocycles. The number of aliphatic hydroxyl groups is 1. The van der Waals surface area contributed by atoms with Crippen LogP contribution in [0.15, 0.2) is 52.5 Å². The van der Waals surface area contributed by atoms with Crippen molar-refractivity contribution in [1.29, 1.82) is 0 Å². The number of hydrogen-bond acceptors (Lipinski definition) is 6. The Kier molecular flexibility index (Phi) is 4.68. The predicted octanol–water partition coefficient (Wildman–Crippen LogP) is 3.42. The van der Waals surface area contributed by atoms with Crippen molar-refractivity contribution in [3.8, 4) is 0 Å². The summed E-state index contributed by atoms with van der Waals surface area (Å²) in [4.78, 5) is 18.9. The third kappa shape index (κ3) is 3.66. The number of nitro benzene ring substituents is 1. The molecule has 1 atom stereocenters. The Morgan fingerprint density at radius 1 is 1.38 bits per heavy atom. The molecule has 3 N–H and O–H groups in total. The summed E-state index contributed by atoms with van der Waals surface area (Å²) >= 11 is 1.21. The molecule has 0 bridgehead atoms. The highest BCUT2D eigenvalue weighted by Gasteiger charge is 2.17. The summed E-state index contributed by atoms with van der Waals surface area (Å²) in [6.07, 6.45) is -0.508. The Bertz CT molecular complexity index is 846. The van der Waals surface area contributed by atoms with Gasteiger partial charge in [0.15, 0.2) is 5.16 Å². The molecule has 0 spiro atoms. The number of para-hydroxylation sites is 2. The van der Waals surface area contributed by atoms with Gasteiger partial charge in [-0.3, -0.25) is 10.1 Å². The third-order valence-electron chi connectivity index (χ3n) is 3.33. The number of anilines is 1. The molecule has 0 aliphatic carbocycles. The van der Waals surface area contributed by atoms with E-state index < -0.39 is 11.0 Å². The molecule has 0 aliphatic heterocycles. The van der Waals surface area contributed by atoms with Crippen molar-refractivity contribution in [3.05, 3.63) is 52.6 Å². The molecular formula is C16H16N4O3S. The van der Waals surface area contributed by atoms with Crippen LogP contribution in [0, 0.1) is 10.1 Å². The third-order valence-corrected chi connectivity index (χ3v) is 4.27. The lowest BCUT2D eigenvalue weighted by Gasteiger charge is -2.09. The fraction of sp³-hybridized carbons (Fsp3) is 0.188. The smallest absolute Gasteiger partial charge is 0.283 e. The number of aromatic amines is 1. The number of imidazole rings is 1. The largest absolute Gasteiger partial charge is 0.392 e. The number of nitrogens with zero attached hydrogens (tertiary/aromatic N) is 2. The fourth-order valence-corrected chi connectivity index (χ4v) is 3.15. The molecule has 7 nitrogen and oxygen atoms in total. The van der Waals surface area contributed by atoms with E-state index in [4.69, 9.17) is 0 Å². The molecule has 24 heavy (non-hydrogen) atoms. The van der Waals surface area contributed by atoms with Gasteiger partial charge in [-0.2, -0.15) is 0 Å². The second-order valence-electron chi connectivity index (χ2n) is 5.33. The highest BCUT2D eigenvalue weighted by Crippen LogP contribution is 2.36. The highest BCUT2D eigenvalue weighted by molar-refractivity contribution is 7.99. The first-order chi connectivity index (χ1) is 11.5. The molecule has 0 unspecified atom stereocenters. The van der Waals surface area contributed by atoms with E-state index in [0.717, 1.165) is 11.0 Å². The summed E-state index contributed by atoms with van der Waals surface area (Å²) in [5.41, 5.74) is 2.42. The number of benzene rings is 2. The summed E-state index contributed by atoms with van der Waals surface area (Å²) in [5, 5.41) is 24.2. The van der Waals surface area contributed by atoms with Gasteiger partial charge < -0.3 is 15.4 Å². The average molecular weight is 344 g/mol. The molecule has 2 aromatic carbocycles. The van der Waals surface area contributed by atoms with Gasteiger partial charge in [0.2, 0.25) is 0 Å². The van der Waals surface area contributed by atoms with Crippen molar-refractivity contribution in [3.63, 3.8) is 0 Å². The Morgan fingerprint density at radius 2 is 2.17 bits per heavy atom. The first-order valence-electron chi connectivity index (χ1n) is 7.36. The minimum absolute atomic E-state index is 0.0167. The van der Waals surface area contributed by atoms with E-state index in [1.165, 1.54) is 17.8 Å². The zero-order valence-corrected chi connectivity index (χ0v) is 13.7. The molecule has 8 heteroatoms. The van der Waals surface area contributed by atoms with Crippen LogP contribution < -0.4 is 5.32 Å². The lowest BCUT2D eigenvalue weighted by Crippen LogP contribution is -2.15. The highest BCUT2D eigenvalue weighted by atomic mass is 32.2. The topological polar surface area (TPSA) is 104 Å². The molecule has 0 radical (unpaired) electrons. The first-order valence-corrected chi connectivity index (χ1v) is 8.17. The van der Waals surface area contributed by atoms with E-state index in [-0.39, 0.29) is 5.69 Å². The summed E-state index contributed by atoms with van der Waals surface area (Å²) in [7, 11) is 0. The van der Waals surface area contributed by atoms with E-state index in [0.29, 0.717) is 22.3 Å². The van der Waals surface area contributed by atoms with Crippen LogP contribution in [-0.2, 0) is 0 Å². The van der Waals surface area contributed by atoms with Gasteiger partial charge in [0.1, 0.15) is 0 Å². The van der Waals surface area contributed by atoms with Crippen molar-refractivity contribution in [2.24, 2.45) is 0 Å². The van der Waals surface area contributed by atoms with Gasteiger partial charge >= 0.3 is 0 Å². The van der Waals surface area contributed by atoms with E-state index in [9.17, 15) is 15.2 Å². The number of aliphatic hydroxyl groups excluding tert-OH is 1. The lowest BCUT2D eigenvalue weighted by molar-refractivity contribution is -0.387. The number of hydrogen-bond donors (Lipinski definition) is 3.